The predicted molar refractivity (Wildman–Crippen MR) is 135 cm³/mol. The van der Waals surface area contributed by atoms with E-state index in [4.69, 9.17) is 23.7 Å². The van der Waals surface area contributed by atoms with Crippen LogP contribution in [0.2, 0.25) is 0 Å². The minimum Gasteiger partial charge on any atom is -0.492 e. The summed E-state index contributed by atoms with van der Waals surface area (Å²) in [5, 5.41) is 0. The Morgan fingerprint density at radius 1 is 1.15 bits per heavy atom. The number of hydrogen-bond donors (Lipinski definition) is 0. The van der Waals surface area contributed by atoms with Crippen LogP contribution in [0.25, 0.3) is 0 Å². The molecule has 1 aromatic rings. The lowest BCUT2D eigenvalue weighted by Gasteiger charge is -2.44. The quantitative estimate of drug-likeness (QED) is 0.446. The lowest BCUT2D eigenvalue weighted by atomic mass is 9.75. The van der Waals surface area contributed by atoms with E-state index < -0.39 is 10.4 Å². The number of benzene rings is 1. The molecule has 3 fully saturated rings. The van der Waals surface area contributed by atoms with E-state index in [2.05, 4.69) is 26.8 Å². The molecule has 4 aliphatic rings. The van der Waals surface area contributed by atoms with E-state index in [1.807, 2.05) is 29.6 Å². The van der Waals surface area contributed by atoms with E-state index in [0.29, 0.717) is 41.4 Å². The van der Waals surface area contributed by atoms with Gasteiger partial charge < -0.3 is 23.7 Å². The molecule has 0 amide bonds. The lowest BCUT2D eigenvalue weighted by Crippen LogP contribution is -2.43. The van der Waals surface area contributed by atoms with Gasteiger partial charge in [-0.15, -0.1) is 23.5 Å². The van der Waals surface area contributed by atoms with Crippen molar-refractivity contribution in [3.8, 4) is 17.2 Å². The van der Waals surface area contributed by atoms with Crippen LogP contribution in [-0.4, -0.2) is 43.8 Å². The Morgan fingerprint density at radius 2 is 1.94 bits per heavy atom. The zero-order valence-corrected chi connectivity index (χ0v) is 22.2. The van der Waals surface area contributed by atoms with Crippen molar-refractivity contribution < 1.29 is 28.5 Å². The average molecular weight is 509 g/mol. The molecule has 0 N–H and O–H groups in total. The first kappa shape index (κ1) is 24.4. The van der Waals surface area contributed by atoms with Gasteiger partial charge in [-0.25, -0.2) is 0 Å². The third-order valence-electron chi connectivity index (χ3n) is 7.72. The molecule has 1 saturated carbocycles. The molecule has 3 heterocycles. The van der Waals surface area contributed by atoms with Gasteiger partial charge in [-0.3, -0.25) is 4.79 Å². The number of carbonyl (C=O) groups excluding carboxylic acids is 1. The topological polar surface area (TPSA) is 63.2 Å². The third kappa shape index (κ3) is 4.39. The highest BCUT2D eigenvalue weighted by molar-refractivity contribution is 8.18. The van der Waals surface area contributed by atoms with Gasteiger partial charge in [0.25, 0.3) is 0 Å². The minimum absolute atomic E-state index is 0.108. The third-order valence-corrected chi connectivity index (χ3v) is 11.3. The standard InChI is InChI=1S/C26H36O6S2/c1-15(2)17-7-6-16(3)12-21(17)31-25-19(13-22(27)32-25)26(33-10-5-11-34-26)18-8-9-20-24(23(18)28-4)30-14-29-20/h8-9,15-17,19,21,25H,5-7,10-14H2,1-4H3/t16-,17+,19-,21-,25-/m1/s1. The zero-order valence-electron chi connectivity index (χ0n) is 20.5. The number of methoxy groups -OCH3 is 1. The lowest BCUT2D eigenvalue weighted by molar-refractivity contribution is -0.196. The van der Waals surface area contributed by atoms with Crippen LogP contribution in [0.4, 0.5) is 0 Å². The van der Waals surface area contributed by atoms with Crippen LogP contribution in [0, 0.1) is 23.7 Å². The first-order valence-corrected chi connectivity index (χ1v) is 14.5. The van der Waals surface area contributed by atoms with E-state index in [1.165, 1.54) is 12.8 Å². The molecular formula is C26H36O6S2. The second kappa shape index (κ2) is 10.0. The summed E-state index contributed by atoms with van der Waals surface area (Å²) in [6, 6.07) is 4.04. The van der Waals surface area contributed by atoms with Gasteiger partial charge in [0.15, 0.2) is 11.5 Å². The highest BCUT2D eigenvalue weighted by Crippen LogP contribution is 2.63. The number of hydrogen-bond acceptors (Lipinski definition) is 8. The van der Waals surface area contributed by atoms with Crippen molar-refractivity contribution in [3.05, 3.63) is 17.7 Å². The Kier molecular flexibility index (Phi) is 7.20. The summed E-state index contributed by atoms with van der Waals surface area (Å²) >= 11 is 3.77. The van der Waals surface area contributed by atoms with E-state index in [0.717, 1.165) is 29.9 Å². The molecule has 0 radical (unpaired) electrons. The maximum atomic E-state index is 12.7. The largest absolute Gasteiger partial charge is 0.492 e. The number of cyclic esters (lactones) is 1. The molecule has 0 unspecified atom stereocenters. The summed E-state index contributed by atoms with van der Waals surface area (Å²) in [7, 11) is 1.67. The van der Waals surface area contributed by atoms with Crippen LogP contribution < -0.4 is 14.2 Å². The number of ether oxygens (including phenoxy) is 5. The number of thioether (sulfide) groups is 2. The van der Waals surface area contributed by atoms with Gasteiger partial charge in [-0.2, -0.15) is 0 Å². The van der Waals surface area contributed by atoms with E-state index >= 15 is 0 Å². The smallest absolute Gasteiger partial charge is 0.308 e. The SMILES string of the molecule is COc1c(C2([C@@H]3CC(=O)O[C@H]3O[C@@H]3C[C@H](C)CC[C@H]3C(C)C)SCCCS2)ccc2c1OCO2. The fourth-order valence-corrected chi connectivity index (χ4v) is 9.61. The molecule has 1 aromatic carbocycles. The van der Waals surface area contributed by atoms with Gasteiger partial charge in [0, 0.05) is 5.56 Å². The molecule has 5 rings (SSSR count). The van der Waals surface area contributed by atoms with Crippen LogP contribution in [0.3, 0.4) is 0 Å². The number of fused-ring (bicyclic) bond motifs is 1. The van der Waals surface area contributed by atoms with Crippen LogP contribution >= 0.6 is 23.5 Å². The molecule has 0 bridgehead atoms. The molecule has 3 aliphatic heterocycles. The normalized spacial score (nSPS) is 32.6. The van der Waals surface area contributed by atoms with Crippen molar-refractivity contribution in [3.63, 3.8) is 0 Å². The van der Waals surface area contributed by atoms with Crippen molar-refractivity contribution in [2.45, 2.75) is 69.3 Å². The van der Waals surface area contributed by atoms with Gasteiger partial charge in [0.1, 0.15) is 0 Å². The van der Waals surface area contributed by atoms with E-state index in [1.54, 1.807) is 7.11 Å². The van der Waals surface area contributed by atoms with Crippen molar-refractivity contribution in [2.75, 3.05) is 25.4 Å². The van der Waals surface area contributed by atoms with Gasteiger partial charge >= 0.3 is 5.97 Å². The van der Waals surface area contributed by atoms with Gasteiger partial charge in [-0.05, 0) is 60.7 Å². The molecule has 0 spiro atoms. The van der Waals surface area contributed by atoms with Crippen molar-refractivity contribution in [1.82, 2.24) is 0 Å². The summed E-state index contributed by atoms with van der Waals surface area (Å²) < 4.78 is 29.6. The van der Waals surface area contributed by atoms with E-state index in [9.17, 15) is 4.79 Å². The Balaban J connectivity index is 1.51. The van der Waals surface area contributed by atoms with Crippen LogP contribution in [0.1, 0.15) is 58.4 Å². The average Bonchev–Trinajstić information content (AvgIpc) is 3.45. The summed E-state index contributed by atoms with van der Waals surface area (Å²) in [5.74, 6) is 5.42. The number of esters is 1. The molecule has 188 valence electrons. The molecule has 2 saturated heterocycles. The molecule has 1 aliphatic carbocycles. The highest BCUT2D eigenvalue weighted by Gasteiger charge is 2.55. The van der Waals surface area contributed by atoms with Crippen LogP contribution in [-0.2, 0) is 18.3 Å². The first-order valence-electron chi connectivity index (χ1n) is 12.5. The van der Waals surface area contributed by atoms with Crippen molar-refractivity contribution in [1.29, 1.82) is 0 Å². The number of rotatable bonds is 6. The Hall–Kier alpha value is -1.25. The number of carbonyl (C=O) groups is 1. The second-order valence-corrected chi connectivity index (χ2v) is 13.2. The minimum atomic E-state index is -0.558. The Labute approximate surface area is 211 Å². The maximum absolute atomic E-state index is 12.7. The first-order chi connectivity index (χ1) is 16.4. The van der Waals surface area contributed by atoms with Crippen LogP contribution in [0.5, 0.6) is 17.2 Å². The molecule has 5 atom stereocenters. The molecular weight excluding hydrogens is 472 g/mol. The van der Waals surface area contributed by atoms with Crippen molar-refractivity contribution >= 4 is 29.5 Å². The molecule has 6 nitrogen and oxygen atoms in total. The molecule has 34 heavy (non-hydrogen) atoms. The molecule has 8 heteroatoms. The highest BCUT2D eigenvalue weighted by atomic mass is 32.2. The van der Waals surface area contributed by atoms with Crippen LogP contribution in [0.15, 0.2) is 12.1 Å². The fourth-order valence-electron chi connectivity index (χ4n) is 5.96. The second-order valence-electron chi connectivity index (χ2n) is 10.3. The monoisotopic (exact) mass is 508 g/mol. The van der Waals surface area contributed by atoms with Gasteiger partial charge in [0.05, 0.1) is 29.6 Å². The molecule has 0 aromatic heterocycles. The fraction of sp³-hybridized carbons (Fsp3) is 0.731. The van der Waals surface area contributed by atoms with Gasteiger partial charge in [0.2, 0.25) is 18.8 Å². The summed E-state index contributed by atoms with van der Waals surface area (Å²) in [4.78, 5) is 12.7. The Morgan fingerprint density at radius 3 is 2.68 bits per heavy atom. The van der Waals surface area contributed by atoms with E-state index in [-0.39, 0.29) is 24.8 Å². The van der Waals surface area contributed by atoms with Gasteiger partial charge in [-0.1, -0.05) is 27.2 Å². The zero-order chi connectivity index (χ0) is 23.9. The summed E-state index contributed by atoms with van der Waals surface area (Å²) in [6.45, 7) is 7.05. The summed E-state index contributed by atoms with van der Waals surface area (Å²) in [5.41, 5.74) is 1.03. The predicted octanol–water partition coefficient (Wildman–Crippen LogP) is 5.81. The van der Waals surface area contributed by atoms with Crippen molar-refractivity contribution in [2.24, 2.45) is 23.7 Å². The summed E-state index contributed by atoms with van der Waals surface area (Å²) in [6.07, 6.45) is 4.45. The Bertz CT molecular complexity index is 900. The maximum Gasteiger partial charge on any atom is 0.308 e.